The molecule has 192 valence electrons. The average Bonchev–Trinajstić information content (AvgIpc) is 3.23. The van der Waals surface area contributed by atoms with Crippen LogP contribution in [-0.2, 0) is 15.7 Å². The number of carbonyl (C=O) groups is 1. The summed E-state index contributed by atoms with van der Waals surface area (Å²) in [5.41, 5.74) is -1.54. The second kappa shape index (κ2) is 9.85. The summed E-state index contributed by atoms with van der Waals surface area (Å²) in [7, 11) is 1.30. The number of aromatic nitrogens is 4. The van der Waals surface area contributed by atoms with Gasteiger partial charge >= 0.3 is 12.3 Å². The molecule has 0 radical (unpaired) electrons. The zero-order chi connectivity index (χ0) is 26.1. The highest BCUT2D eigenvalue weighted by Crippen LogP contribution is 2.36. The van der Waals surface area contributed by atoms with Gasteiger partial charge in [-0.15, -0.1) is 0 Å². The summed E-state index contributed by atoms with van der Waals surface area (Å²) in [4.78, 5) is 26.0. The maximum Gasteiger partial charge on any atom is 0.417 e. The summed E-state index contributed by atoms with van der Waals surface area (Å²) in [5.74, 6) is 0.806. The Morgan fingerprint density at radius 2 is 1.97 bits per heavy atom. The number of halogens is 3. The van der Waals surface area contributed by atoms with Gasteiger partial charge in [0.05, 0.1) is 24.1 Å². The minimum absolute atomic E-state index is 0.0312. The van der Waals surface area contributed by atoms with Gasteiger partial charge in [0.25, 0.3) is 0 Å². The van der Waals surface area contributed by atoms with E-state index in [1.165, 1.54) is 13.2 Å². The maximum absolute atomic E-state index is 13.3. The molecule has 4 rings (SSSR count). The number of pyridine rings is 2. The number of alkyl halides is 3. The first-order valence-corrected chi connectivity index (χ1v) is 11.6. The fourth-order valence-corrected chi connectivity index (χ4v) is 3.49. The lowest BCUT2D eigenvalue weighted by Gasteiger charge is -2.26. The van der Waals surface area contributed by atoms with Crippen LogP contribution in [0, 0.1) is 0 Å². The Bertz CT molecular complexity index is 1230. The molecule has 1 aliphatic heterocycles. The third-order valence-corrected chi connectivity index (χ3v) is 5.40. The van der Waals surface area contributed by atoms with Crippen LogP contribution >= 0.6 is 11.5 Å². The topological polar surface area (TPSA) is 112 Å². The summed E-state index contributed by atoms with van der Waals surface area (Å²) < 4.78 is 60.3. The summed E-state index contributed by atoms with van der Waals surface area (Å²) in [6, 6.07) is 4.20. The number of hydrogen-bond acceptors (Lipinski definition) is 10. The highest BCUT2D eigenvalue weighted by molar-refractivity contribution is 7.09. The third kappa shape index (κ3) is 6.18. The highest BCUT2D eigenvalue weighted by Gasteiger charge is 2.33. The SMILES string of the molecule is CN(C(=O)OC(C)(C)C)c1cc(C(F)(F)F)cnc1Nc1nc(-c2ccc(OC3CCO3)cn2)ns1. The van der Waals surface area contributed by atoms with Gasteiger partial charge in [0, 0.05) is 31.2 Å². The molecule has 1 atom stereocenters. The summed E-state index contributed by atoms with van der Waals surface area (Å²) in [6.07, 6.45) is -2.76. The Labute approximate surface area is 208 Å². The van der Waals surface area contributed by atoms with Gasteiger partial charge in [-0.3, -0.25) is 4.90 Å². The fourth-order valence-electron chi connectivity index (χ4n) is 2.91. The number of rotatable bonds is 6. The monoisotopic (exact) mass is 524 g/mol. The van der Waals surface area contributed by atoms with Crippen molar-refractivity contribution in [2.45, 2.75) is 45.3 Å². The zero-order valence-electron chi connectivity index (χ0n) is 19.8. The van der Waals surface area contributed by atoms with Gasteiger partial charge in [0.15, 0.2) is 11.6 Å². The van der Waals surface area contributed by atoms with E-state index in [-0.39, 0.29) is 22.9 Å². The Morgan fingerprint density at radius 1 is 1.22 bits per heavy atom. The molecule has 1 unspecified atom stereocenters. The molecule has 1 saturated heterocycles. The molecule has 10 nitrogen and oxygen atoms in total. The minimum Gasteiger partial charge on any atom is -0.463 e. The highest BCUT2D eigenvalue weighted by atomic mass is 32.1. The van der Waals surface area contributed by atoms with Crippen molar-refractivity contribution in [2.24, 2.45) is 0 Å². The van der Waals surface area contributed by atoms with Crippen molar-refractivity contribution in [2.75, 3.05) is 23.9 Å². The Morgan fingerprint density at radius 3 is 2.56 bits per heavy atom. The van der Waals surface area contributed by atoms with Crippen molar-refractivity contribution < 1.29 is 32.2 Å². The molecular formula is C22H23F3N6O4S. The molecule has 1 aliphatic rings. The van der Waals surface area contributed by atoms with Crippen LogP contribution in [-0.4, -0.2) is 51.0 Å². The molecule has 0 bridgehead atoms. The van der Waals surface area contributed by atoms with Gasteiger partial charge < -0.3 is 19.5 Å². The molecule has 1 amide bonds. The number of nitrogens with one attached hydrogen (secondary N) is 1. The molecule has 0 aliphatic carbocycles. The van der Waals surface area contributed by atoms with Gasteiger partial charge in [-0.2, -0.15) is 22.5 Å². The molecule has 3 aromatic rings. The minimum atomic E-state index is -4.66. The van der Waals surface area contributed by atoms with E-state index in [0.29, 0.717) is 30.1 Å². The number of nitrogens with zero attached hydrogens (tertiary/aromatic N) is 5. The normalized spacial score (nSPS) is 15.7. The largest absolute Gasteiger partial charge is 0.463 e. The van der Waals surface area contributed by atoms with E-state index in [0.717, 1.165) is 28.9 Å². The molecule has 4 heterocycles. The quantitative estimate of drug-likeness (QED) is 0.462. The summed E-state index contributed by atoms with van der Waals surface area (Å²) >= 11 is 0.955. The van der Waals surface area contributed by atoms with Gasteiger partial charge in [0.2, 0.25) is 11.4 Å². The Kier molecular flexibility index (Phi) is 7.00. The molecule has 1 fully saturated rings. The molecule has 3 aromatic heterocycles. The summed E-state index contributed by atoms with van der Waals surface area (Å²) in [5, 5.41) is 3.08. The predicted octanol–water partition coefficient (Wildman–Crippen LogP) is 5.25. The lowest BCUT2D eigenvalue weighted by Crippen LogP contribution is -2.34. The standard InChI is InChI=1S/C22H23F3N6O4S/c1-21(2,3)35-20(32)31(4)15-9-12(22(23,24)25)10-27-18(15)29-19-28-17(30-36-19)14-6-5-13(11-26-14)34-16-7-8-33-16/h5-6,9-11,16H,7-8H2,1-4H3,(H,27,28,29,30). The lowest BCUT2D eigenvalue weighted by molar-refractivity contribution is -0.165. The van der Waals surface area contributed by atoms with Crippen LogP contribution in [0.4, 0.5) is 34.6 Å². The van der Waals surface area contributed by atoms with Crippen LogP contribution in [0.5, 0.6) is 5.75 Å². The third-order valence-electron chi connectivity index (χ3n) is 4.77. The first-order valence-electron chi connectivity index (χ1n) is 10.8. The van der Waals surface area contributed by atoms with E-state index < -0.39 is 23.4 Å². The van der Waals surface area contributed by atoms with Crippen LogP contribution in [0.3, 0.4) is 0 Å². The van der Waals surface area contributed by atoms with Crippen molar-refractivity contribution >= 4 is 34.3 Å². The molecular weight excluding hydrogens is 501 g/mol. The second-order valence-electron chi connectivity index (χ2n) is 8.76. The molecule has 1 N–H and O–H groups in total. The lowest BCUT2D eigenvalue weighted by atomic mass is 10.2. The van der Waals surface area contributed by atoms with Crippen molar-refractivity contribution in [3.8, 4) is 17.3 Å². The van der Waals surface area contributed by atoms with Crippen molar-refractivity contribution in [3.63, 3.8) is 0 Å². The number of ether oxygens (including phenoxy) is 3. The molecule has 14 heteroatoms. The van der Waals surface area contributed by atoms with E-state index >= 15 is 0 Å². The van der Waals surface area contributed by atoms with Crippen LogP contribution < -0.4 is 15.0 Å². The van der Waals surface area contributed by atoms with Crippen molar-refractivity contribution in [1.82, 2.24) is 19.3 Å². The van der Waals surface area contributed by atoms with Gasteiger partial charge in [-0.05, 0) is 39.0 Å². The number of amides is 1. The zero-order valence-corrected chi connectivity index (χ0v) is 20.6. The Balaban J connectivity index is 1.55. The van der Waals surface area contributed by atoms with Gasteiger partial charge in [-0.1, -0.05) is 0 Å². The van der Waals surface area contributed by atoms with Crippen LogP contribution in [0.1, 0.15) is 32.8 Å². The first kappa shape index (κ1) is 25.6. The van der Waals surface area contributed by atoms with Crippen LogP contribution in [0.15, 0.2) is 30.6 Å². The first-order chi connectivity index (χ1) is 16.9. The van der Waals surface area contributed by atoms with Crippen molar-refractivity contribution in [1.29, 1.82) is 0 Å². The number of anilines is 3. The maximum atomic E-state index is 13.3. The Hall–Kier alpha value is -3.52. The van der Waals surface area contributed by atoms with E-state index in [1.54, 1.807) is 32.9 Å². The molecule has 0 aromatic carbocycles. The van der Waals surface area contributed by atoms with Crippen LogP contribution in [0.25, 0.3) is 11.5 Å². The molecule has 0 saturated carbocycles. The predicted molar refractivity (Wildman–Crippen MR) is 125 cm³/mol. The molecule has 0 spiro atoms. The average molecular weight is 525 g/mol. The van der Waals surface area contributed by atoms with Crippen molar-refractivity contribution in [3.05, 3.63) is 36.2 Å². The fraction of sp³-hybridized carbons (Fsp3) is 0.409. The van der Waals surface area contributed by atoms with E-state index in [9.17, 15) is 18.0 Å². The smallest absolute Gasteiger partial charge is 0.417 e. The van der Waals surface area contributed by atoms with E-state index in [4.69, 9.17) is 14.2 Å². The number of hydrogen-bond donors (Lipinski definition) is 1. The van der Waals surface area contributed by atoms with Crippen LogP contribution in [0.2, 0.25) is 0 Å². The molecule has 36 heavy (non-hydrogen) atoms. The van der Waals surface area contributed by atoms with Gasteiger partial charge in [-0.25, -0.2) is 14.8 Å². The van der Waals surface area contributed by atoms with E-state index in [1.807, 2.05) is 0 Å². The van der Waals surface area contributed by atoms with E-state index in [2.05, 4.69) is 24.6 Å². The second-order valence-corrected chi connectivity index (χ2v) is 9.51. The van der Waals surface area contributed by atoms with Gasteiger partial charge in [0.1, 0.15) is 17.0 Å². The summed E-state index contributed by atoms with van der Waals surface area (Å²) in [6.45, 7) is 5.62. The number of carbonyl (C=O) groups excluding carboxylic acids is 1.